The summed E-state index contributed by atoms with van der Waals surface area (Å²) in [5, 5.41) is 9.85. The number of aliphatic hydroxyl groups excluding tert-OH is 1. The summed E-state index contributed by atoms with van der Waals surface area (Å²) in [6.45, 7) is 5.92. The van der Waals surface area contributed by atoms with Crippen molar-refractivity contribution in [3.63, 3.8) is 0 Å². The smallest absolute Gasteiger partial charge is 0.280 e. The number of thiazole rings is 1. The van der Waals surface area contributed by atoms with Gasteiger partial charge in [0, 0.05) is 0 Å². The van der Waals surface area contributed by atoms with E-state index in [0.717, 1.165) is 16.9 Å². The van der Waals surface area contributed by atoms with Crippen LogP contribution in [0.15, 0.2) is 12.1 Å². The summed E-state index contributed by atoms with van der Waals surface area (Å²) in [7, 11) is 0. The van der Waals surface area contributed by atoms with Crippen LogP contribution in [0.25, 0.3) is 0 Å². The van der Waals surface area contributed by atoms with Gasteiger partial charge in [0.2, 0.25) is 0 Å². The third-order valence-electron chi connectivity index (χ3n) is 2.84. The maximum atomic E-state index is 9.08. The minimum atomic E-state index is -0.119. The maximum Gasteiger partial charge on any atom is 0.280 e. The number of aromatic nitrogens is 1. The molecule has 1 aromatic carbocycles. The molecule has 0 aliphatic rings. The van der Waals surface area contributed by atoms with E-state index in [4.69, 9.17) is 21.4 Å². The SMILES string of the molecule is Cc1ccc(C)c(Oc2nc(Cl)c(CO)s2)c1C. The molecule has 0 spiro atoms. The van der Waals surface area contributed by atoms with Gasteiger partial charge in [0.15, 0.2) is 0 Å². The van der Waals surface area contributed by atoms with Crippen LogP contribution in [-0.2, 0) is 6.61 Å². The van der Waals surface area contributed by atoms with Gasteiger partial charge in [-0.3, -0.25) is 0 Å². The van der Waals surface area contributed by atoms with Gasteiger partial charge in [-0.2, -0.15) is 4.98 Å². The molecule has 96 valence electrons. The van der Waals surface area contributed by atoms with Gasteiger partial charge in [-0.05, 0) is 37.5 Å². The van der Waals surface area contributed by atoms with Gasteiger partial charge >= 0.3 is 0 Å². The number of halogens is 1. The van der Waals surface area contributed by atoms with Crippen LogP contribution >= 0.6 is 22.9 Å². The second-order valence-electron chi connectivity index (χ2n) is 4.11. The van der Waals surface area contributed by atoms with Crippen molar-refractivity contribution < 1.29 is 9.84 Å². The van der Waals surface area contributed by atoms with Crippen LogP contribution in [0.2, 0.25) is 5.15 Å². The lowest BCUT2D eigenvalue weighted by Crippen LogP contribution is -1.92. The minimum absolute atomic E-state index is 0.119. The van der Waals surface area contributed by atoms with Gasteiger partial charge < -0.3 is 9.84 Å². The van der Waals surface area contributed by atoms with Crippen molar-refractivity contribution >= 4 is 22.9 Å². The second kappa shape index (κ2) is 5.26. The molecule has 0 bridgehead atoms. The van der Waals surface area contributed by atoms with Crippen molar-refractivity contribution in [2.75, 3.05) is 0 Å². The third kappa shape index (κ3) is 2.51. The molecule has 0 aliphatic carbocycles. The van der Waals surface area contributed by atoms with Crippen molar-refractivity contribution in [2.24, 2.45) is 0 Å². The highest BCUT2D eigenvalue weighted by atomic mass is 35.5. The van der Waals surface area contributed by atoms with E-state index in [0.29, 0.717) is 15.2 Å². The Kier molecular flexibility index (Phi) is 3.90. The number of rotatable bonds is 3. The largest absolute Gasteiger partial charge is 0.430 e. The molecule has 3 nitrogen and oxygen atoms in total. The van der Waals surface area contributed by atoms with Gasteiger partial charge in [0.25, 0.3) is 5.19 Å². The lowest BCUT2D eigenvalue weighted by molar-refractivity contribution is 0.285. The first-order chi connectivity index (χ1) is 8.52. The maximum absolute atomic E-state index is 9.08. The van der Waals surface area contributed by atoms with E-state index in [9.17, 15) is 0 Å². The second-order valence-corrected chi connectivity index (χ2v) is 5.51. The number of aryl methyl sites for hydroxylation is 2. The first kappa shape index (κ1) is 13.3. The number of benzene rings is 1. The summed E-state index contributed by atoms with van der Waals surface area (Å²) in [4.78, 5) is 4.71. The van der Waals surface area contributed by atoms with Crippen LogP contribution in [-0.4, -0.2) is 10.1 Å². The molecule has 0 aliphatic heterocycles. The van der Waals surface area contributed by atoms with Crippen LogP contribution in [0, 0.1) is 20.8 Å². The Labute approximate surface area is 115 Å². The zero-order valence-corrected chi connectivity index (χ0v) is 12.0. The zero-order valence-electron chi connectivity index (χ0n) is 10.5. The van der Waals surface area contributed by atoms with Crippen LogP contribution in [0.1, 0.15) is 21.6 Å². The topological polar surface area (TPSA) is 42.4 Å². The van der Waals surface area contributed by atoms with Crippen molar-refractivity contribution in [1.29, 1.82) is 0 Å². The molecule has 1 aromatic heterocycles. The van der Waals surface area contributed by atoms with E-state index in [1.54, 1.807) is 0 Å². The molecule has 1 N–H and O–H groups in total. The van der Waals surface area contributed by atoms with Gasteiger partial charge in [-0.1, -0.05) is 35.1 Å². The summed E-state index contributed by atoms with van der Waals surface area (Å²) >= 11 is 7.14. The monoisotopic (exact) mass is 283 g/mol. The van der Waals surface area contributed by atoms with Crippen LogP contribution in [0.4, 0.5) is 0 Å². The van der Waals surface area contributed by atoms with Gasteiger partial charge in [0.05, 0.1) is 11.5 Å². The fourth-order valence-corrected chi connectivity index (χ4v) is 2.59. The molecule has 0 unspecified atom stereocenters. The van der Waals surface area contributed by atoms with Gasteiger partial charge in [-0.25, -0.2) is 0 Å². The third-order valence-corrected chi connectivity index (χ3v) is 4.18. The molecule has 0 radical (unpaired) electrons. The summed E-state index contributed by atoms with van der Waals surface area (Å²) in [5.41, 5.74) is 3.31. The van der Waals surface area contributed by atoms with Crippen molar-refractivity contribution in [2.45, 2.75) is 27.4 Å². The first-order valence-electron chi connectivity index (χ1n) is 5.53. The highest BCUT2D eigenvalue weighted by molar-refractivity contribution is 7.13. The van der Waals surface area contributed by atoms with E-state index in [1.807, 2.05) is 26.8 Å². The quantitative estimate of drug-likeness (QED) is 0.925. The predicted octanol–water partition coefficient (Wildman–Crippen LogP) is 4.01. The summed E-state index contributed by atoms with van der Waals surface area (Å²) in [6.07, 6.45) is 0. The normalized spacial score (nSPS) is 10.7. The highest BCUT2D eigenvalue weighted by Crippen LogP contribution is 2.35. The minimum Gasteiger partial charge on any atom is -0.430 e. The van der Waals surface area contributed by atoms with Gasteiger partial charge in [0.1, 0.15) is 10.9 Å². The van der Waals surface area contributed by atoms with E-state index in [2.05, 4.69) is 11.1 Å². The van der Waals surface area contributed by atoms with Gasteiger partial charge in [-0.15, -0.1) is 0 Å². The van der Waals surface area contributed by atoms with E-state index >= 15 is 0 Å². The first-order valence-corrected chi connectivity index (χ1v) is 6.73. The Morgan fingerprint density at radius 2 is 1.94 bits per heavy atom. The molecular weight excluding hydrogens is 270 g/mol. The highest BCUT2D eigenvalue weighted by Gasteiger charge is 2.13. The Bertz CT molecular complexity index is 581. The number of ether oxygens (including phenoxy) is 1. The predicted molar refractivity (Wildman–Crippen MR) is 73.8 cm³/mol. The standard InChI is InChI=1S/C13H14ClNO2S/c1-7-4-5-8(2)11(9(7)3)17-13-15-12(14)10(6-16)18-13/h4-5,16H,6H2,1-3H3. The van der Waals surface area contributed by atoms with Crippen LogP contribution in [0.5, 0.6) is 10.9 Å². The molecule has 5 heteroatoms. The van der Waals surface area contributed by atoms with Crippen LogP contribution in [0.3, 0.4) is 0 Å². The van der Waals surface area contributed by atoms with Crippen molar-refractivity contribution in [3.8, 4) is 10.9 Å². The molecule has 18 heavy (non-hydrogen) atoms. The van der Waals surface area contributed by atoms with Crippen LogP contribution < -0.4 is 4.74 Å². The molecule has 0 fully saturated rings. The number of aliphatic hydroxyl groups is 1. The fraction of sp³-hybridized carbons (Fsp3) is 0.308. The van der Waals surface area contributed by atoms with Crippen molar-refractivity contribution in [3.05, 3.63) is 38.9 Å². The fourth-order valence-electron chi connectivity index (χ4n) is 1.62. The van der Waals surface area contributed by atoms with E-state index < -0.39 is 0 Å². The number of nitrogens with zero attached hydrogens (tertiary/aromatic N) is 1. The average Bonchev–Trinajstić information content (AvgIpc) is 2.70. The molecule has 0 atom stereocenters. The molecule has 2 aromatic rings. The Morgan fingerprint density at radius 1 is 1.28 bits per heavy atom. The summed E-state index contributed by atoms with van der Waals surface area (Å²) < 4.78 is 5.80. The molecule has 1 heterocycles. The summed E-state index contributed by atoms with van der Waals surface area (Å²) in [5.74, 6) is 0.810. The molecule has 2 rings (SSSR count). The lowest BCUT2D eigenvalue weighted by Gasteiger charge is -2.11. The van der Waals surface area contributed by atoms with Crippen molar-refractivity contribution in [1.82, 2.24) is 4.98 Å². The average molecular weight is 284 g/mol. The number of hydrogen-bond donors (Lipinski definition) is 1. The lowest BCUT2D eigenvalue weighted by atomic mass is 10.1. The Morgan fingerprint density at radius 3 is 2.56 bits per heavy atom. The van der Waals surface area contributed by atoms with E-state index in [1.165, 1.54) is 16.9 Å². The molecule has 0 saturated carbocycles. The van der Waals surface area contributed by atoms with E-state index in [-0.39, 0.29) is 6.61 Å². The number of hydrogen-bond acceptors (Lipinski definition) is 4. The molecule has 0 amide bonds. The molecular formula is C13H14ClNO2S. The summed E-state index contributed by atoms with van der Waals surface area (Å²) in [6, 6.07) is 4.07. The molecule has 0 saturated heterocycles. The Hall–Kier alpha value is -1.10. The zero-order chi connectivity index (χ0) is 13.3. The Balaban J connectivity index is 2.36.